The van der Waals surface area contributed by atoms with Crippen LogP contribution in [0.15, 0.2) is 0 Å². The predicted octanol–water partition coefficient (Wildman–Crippen LogP) is 1.42. The van der Waals surface area contributed by atoms with E-state index in [1.54, 1.807) is 0 Å². The van der Waals surface area contributed by atoms with Crippen LogP contribution in [0, 0.1) is 5.92 Å². The SMILES string of the molecule is CC(N)CCCNC(=O)CC1CCC1. The summed E-state index contributed by atoms with van der Waals surface area (Å²) in [7, 11) is 0. The molecule has 0 bridgehead atoms. The molecule has 1 aliphatic rings. The lowest BCUT2D eigenvalue weighted by atomic mass is 9.83. The van der Waals surface area contributed by atoms with E-state index < -0.39 is 0 Å². The molecule has 0 aromatic rings. The van der Waals surface area contributed by atoms with Gasteiger partial charge in [-0.1, -0.05) is 6.42 Å². The molecule has 0 heterocycles. The van der Waals surface area contributed by atoms with Gasteiger partial charge >= 0.3 is 0 Å². The Labute approximate surface area is 86.4 Å². The van der Waals surface area contributed by atoms with E-state index in [0.29, 0.717) is 5.92 Å². The maximum Gasteiger partial charge on any atom is 0.220 e. The van der Waals surface area contributed by atoms with E-state index in [1.807, 2.05) is 6.92 Å². The zero-order chi connectivity index (χ0) is 10.4. The van der Waals surface area contributed by atoms with Crippen LogP contribution in [0.3, 0.4) is 0 Å². The summed E-state index contributed by atoms with van der Waals surface area (Å²) in [4.78, 5) is 11.3. The molecule has 0 aromatic heterocycles. The van der Waals surface area contributed by atoms with Gasteiger partial charge < -0.3 is 11.1 Å². The van der Waals surface area contributed by atoms with Crippen LogP contribution in [0.2, 0.25) is 0 Å². The molecule has 1 unspecified atom stereocenters. The molecule has 1 amide bonds. The molecule has 82 valence electrons. The Balaban J connectivity index is 1.92. The van der Waals surface area contributed by atoms with Crippen molar-refractivity contribution in [2.45, 2.75) is 51.5 Å². The minimum absolute atomic E-state index is 0.222. The van der Waals surface area contributed by atoms with Gasteiger partial charge in [0.15, 0.2) is 0 Å². The maximum atomic E-state index is 11.3. The van der Waals surface area contributed by atoms with Crippen LogP contribution in [-0.2, 0) is 4.79 Å². The fraction of sp³-hybridized carbons (Fsp3) is 0.909. The van der Waals surface area contributed by atoms with Crippen LogP contribution in [-0.4, -0.2) is 18.5 Å². The minimum Gasteiger partial charge on any atom is -0.356 e. The molecule has 3 N–H and O–H groups in total. The zero-order valence-corrected chi connectivity index (χ0v) is 9.09. The zero-order valence-electron chi connectivity index (χ0n) is 9.09. The van der Waals surface area contributed by atoms with Crippen molar-refractivity contribution in [2.24, 2.45) is 11.7 Å². The number of amides is 1. The molecule has 1 atom stereocenters. The fourth-order valence-corrected chi connectivity index (χ4v) is 1.68. The first-order valence-electron chi connectivity index (χ1n) is 5.70. The van der Waals surface area contributed by atoms with Crippen LogP contribution in [0.25, 0.3) is 0 Å². The van der Waals surface area contributed by atoms with Crippen molar-refractivity contribution in [1.29, 1.82) is 0 Å². The third-order valence-electron chi connectivity index (χ3n) is 2.86. The fourth-order valence-electron chi connectivity index (χ4n) is 1.68. The molecule has 1 fully saturated rings. The van der Waals surface area contributed by atoms with Crippen molar-refractivity contribution < 1.29 is 4.79 Å². The van der Waals surface area contributed by atoms with Gasteiger partial charge in [0, 0.05) is 19.0 Å². The highest BCUT2D eigenvalue weighted by molar-refractivity contribution is 5.76. The topological polar surface area (TPSA) is 55.1 Å². The lowest BCUT2D eigenvalue weighted by molar-refractivity contribution is -0.122. The third kappa shape index (κ3) is 4.61. The second-order valence-corrected chi connectivity index (χ2v) is 4.47. The first-order chi connectivity index (χ1) is 6.68. The van der Waals surface area contributed by atoms with Crippen LogP contribution < -0.4 is 11.1 Å². The van der Waals surface area contributed by atoms with Crippen LogP contribution >= 0.6 is 0 Å². The molecular weight excluding hydrogens is 176 g/mol. The Morgan fingerprint density at radius 1 is 1.57 bits per heavy atom. The van der Waals surface area contributed by atoms with Crippen LogP contribution in [0.4, 0.5) is 0 Å². The highest BCUT2D eigenvalue weighted by Gasteiger charge is 2.20. The summed E-state index contributed by atoms with van der Waals surface area (Å²) >= 11 is 0. The van der Waals surface area contributed by atoms with Gasteiger partial charge in [-0.3, -0.25) is 4.79 Å². The quantitative estimate of drug-likeness (QED) is 0.634. The number of nitrogens with one attached hydrogen (secondary N) is 1. The molecular formula is C11H22N2O. The highest BCUT2D eigenvalue weighted by Crippen LogP contribution is 2.28. The van der Waals surface area contributed by atoms with Crippen LogP contribution in [0.1, 0.15) is 45.4 Å². The molecule has 0 saturated heterocycles. The molecule has 1 aliphatic carbocycles. The van der Waals surface area contributed by atoms with E-state index in [9.17, 15) is 4.79 Å². The lowest BCUT2D eigenvalue weighted by Crippen LogP contribution is -2.29. The maximum absolute atomic E-state index is 11.3. The van der Waals surface area contributed by atoms with Gasteiger partial charge in [-0.25, -0.2) is 0 Å². The van der Waals surface area contributed by atoms with Crippen molar-refractivity contribution in [2.75, 3.05) is 6.54 Å². The summed E-state index contributed by atoms with van der Waals surface area (Å²) in [5.41, 5.74) is 5.61. The van der Waals surface area contributed by atoms with Gasteiger partial charge in [-0.05, 0) is 38.5 Å². The van der Waals surface area contributed by atoms with Crippen molar-refractivity contribution >= 4 is 5.91 Å². The normalized spacial score (nSPS) is 18.7. The molecule has 3 nitrogen and oxygen atoms in total. The van der Waals surface area contributed by atoms with Crippen molar-refractivity contribution in [3.63, 3.8) is 0 Å². The van der Waals surface area contributed by atoms with E-state index in [4.69, 9.17) is 5.73 Å². The highest BCUT2D eigenvalue weighted by atomic mass is 16.1. The van der Waals surface area contributed by atoms with Crippen molar-refractivity contribution in [3.8, 4) is 0 Å². The van der Waals surface area contributed by atoms with E-state index in [0.717, 1.165) is 25.8 Å². The van der Waals surface area contributed by atoms with Crippen molar-refractivity contribution in [3.05, 3.63) is 0 Å². The number of hydrogen-bond acceptors (Lipinski definition) is 2. The summed E-state index contributed by atoms with van der Waals surface area (Å²) in [6, 6.07) is 0.249. The Kier molecular flexibility index (Phi) is 4.94. The van der Waals surface area contributed by atoms with Crippen LogP contribution in [0.5, 0.6) is 0 Å². The average Bonchev–Trinajstić information content (AvgIpc) is 2.05. The molecule has 0 radical (unpaired) electrons. The van der Waals surface area contributed by atoms with Gasteiger partial charge in [-0.15, -0.1) is 0 Å². The second kappa shape index (κ2) is 6.02. The first kappa shape index (κ1) is 11.5. The molecule has 1 rings (SSSR count). The summed E-state index contributed by atoms with van der Waals surface area (Å²) < 4.78 is 0. The molecule has 0 aliphatic heterocycles. The number of carbonyl (C=O) groups is 1. The smallest absolute Gasteiger partial charge is 0.220 e. The largest absolute Gasteiger partial charge is 0.356 e. The number of hydrogen-bond donors (Lipinski definition) is 2. The minimum atomic E-state index is 0.222. The molecule has 0 spiro atoms. The Hall–Kier alpha value is -0.570. The van der Waals surface area contributed by atoms with E-state index in [2.05, 4.69) is 5.32 Å². The van der Waals surface area contributed by atoms with Gasteiger partial charge in [0.25, 0.3) is 0 Å². The first-order valence-corrected chi connectivity index (χ1v) is 5.70. The standard InChI is InChI=1S/C11H22N2O/c1-9(12)4-3-7-13-11(14)8-10-5-2-6-10/h9-10H,2-8,12H2,1H3,(H,13,14). The molecule has 1 saturated carbocycles. The molecule has 14 heavy (non-hydrogen) atoms. The van der Waals surface area contributed by atoms with Gasteiger partial charge in [0.05, 0.1) is 0 Å². The Morgan fingerprint density at radius 2 is 2.29 bits per heavy atom. The number of rotatable bonds is 6. The Morgan fingerprint density at radius 3 is 2.79 bits per heavy atom. The molecule has 3 heteroatoms. The van der Waals surface area contributed by atoms with Gasteiger partial charge in [-0.2, -0.15) is 0 Å². The summed E-state index contributed by atoms with van der Waals surface area (Å²) in [6.45, 7) is 2.78. The van der Waals surface area contributed by atoms with Gasteiger partial charge in [0.2, 0.25) is 5.91 Å². The van der Waals surface area contributed by atoms with E-state index in [-0.39, 0.29) is 11.9 Å². The summed E-state index contributed by atoms with van der Waals surface area (Å²) in [5.74, 6) is 0.891. The monoisotopic (exact) mass is 198 g/mol. The van der Waals surface area contributed by atoms with Crippen molar-refractivity contribution in [1.82, 2.24) is 5.32 Å². The summed E-state index contributed by atoms with van der Waals surface area (Å²) in [6.07, 6.45) is 6.51. The predicted molar refractivity (Wildman–Crippen MR) is 57.9 cm³/mol. The number of nitrogens with two attached hydrogens (primary N) is 1. The second-order valence-electron chi connectivity index (χ2n) is 4.47. The van der Waals surface area contributed by atoms with Gasteiger partial charge in [0.1, 0.15) is 0 Å². The average molecular weight is 198 g/mol. The summed E-state index contributed by atoms with van der Waals surface area (Å²) in [5, 5.41) is 2.94. The lowest BCUT2D eigenvalue weighted by Gasteiger charge is -2.24. The van der Waals surface area contributed by atoms with E-state index >= 15 is 0 Å². The Bertz CT molecular complexity index is 176. The van der Waals surface area contributed by atoms with E-state index in [1.165, 1.54) is 19.3 Å². The molecule has 0 aromatic carbocycles. The number of carbonyl (C=O) groups excluding carboxylic acids is 1. The third-order valence-corrected chi connectivity index (χ3v) is 2.86.